The number of nitrogens with zero attached hydrogens (tertiary/aromatic N) is 1. The number of thioether (sulfide) groups is 1. The predicted octanol–water partition coefficient (Wildman–Crippen LogP) is 5.06. The fourth-order valence-corrected chi connectivity index (χ4v) is 4.62. The molecule has 0 bridgehead atoms. The van der Waals surface area contributed by atoms with Crippen LogP contribution in [0.3, 0.4) is 0 Å². The van der Waals surface area contributed by atoms with E-state index in [0.717, 1.165) is 12.1 Å². The average Bonchev–Trinajstić information content (AvgIpc) is 3.22. The van der Waals surface area contributed by atoms with Gasteiger partial charge in [0.25, 0.3) is 17.1 Å². The monoisotopic (exact) mass is 597 g/mol. The lowest BCUT2D eigenvalue weighted by Crippen LogP contribution is -2.36. The maximum atomic E-state index is 13.8. The van der Waals surface area contributed by atoms with Gasteiger partial charge in [0, 0.05) is 6.07 Å². The molecule has 1 fully saturated rings. The van der Waals surface area contributed by atoms with E-state index in [4.69, 9.17) is 14.2 Å². The number of amides is 4. The molecule has 42 heavy (non-hydrogen) atoms. The average molecular weight is 598 g/mol. The normalized spacial score (nSPS) is 13.7. The SMILES string of the molecule is CCOc1ccccc1NC(=O)COc1ccc(/C=C2/SC(=O)N(CC(=O)Nc3ccc(F)cc3F)C2=O)cc1OC. The second-order valence-corrected chi connectivity index (χ2v) is 9.61. The Morgan fingerprint density at radius 1 is 0.905 bits per heavy atom. The largest absolute Gasteiger partial charge is 0.493 e. The van der Waals surface area contributed by atoms with Gasteiger partial charge in [-0.05, 0) is 66.7 Å². The van der Waals surface area contributed by atoms with E-state index in [1.54, 1.807) is 42.5 Å². The van der Waals surface area contributed by atoms with Gasteiger partial charge < -0.3 is 24.8 Å². The van der Waals surface area contributed by atoms with E-state index >= 15 is 0 Å². The van der Waals surface area contributed by atoms with Crippen LogP contribution >= 0.6 is 11.8 Å². The van der Waals surface area contributed by atoms with Crippen LogP contribution in [0.1, 0.15) is 12.5 Å². The quantitative estimate of drug-likeness (QED) is 0.294. The minimum absolute atomic E-state index is 0.0452. The van der Waals surface area contributed by atoms with Gasteiger partial charge in [-0.25, -0.2) is 8.78 Å². The van der Waals surface area contributed by atoms with Crippen molar-refractivity contribution >= 4 is 52.2 Å². The Kier molecular flexibility index (Phi) is 9.76. The fourth-order valence-electron chi connectivity index (χ4n) is 3.79. The Bertz CT molecular complexity index is 1560. The number of para-hydroxylation sites is 2. The molecular formula is C29H25F2N3O7S. The molecule has 1 heterocycles. The Balaban J connectivity index is 1.38. The third-order valence-electron chi connectivity index (χ3n) is 5.69. The maximum Gasteiger partial charge on any atom is 0.294 e. The number of nitrogens with one attached hydrogen (secondary N) is 2. The molecule has 0 atom stereocenters. The van der Waals surface area contributed by atoms with E-state index in [0.29, 0.717) is 46.3 Å². The first-order valence-electron chi connectivity index (χ1n) is 12.5. The van der Waals surface area contributed by atoms with Crippen molar-refractivity contribution in [1.29, 1.82) is 0 Å². The second-order valence-electron chi connectivity index (χ2n) is 8.62. The molecule has 13 heteroatoms. The number of hydrogen-bond donors (Lipinski definition) is 2. The highest BCUT2D eigenvalue weighted by Gasteiger charge is 2.36. The maximum absolute atomic E-state index is 13.8. The molecule has 218 valence electrons. The lowest BCUT2D eigenvalue weighted by atomic mass is 10.2. The van der Waals surface area contributed by atoms with Crippen LogP contribution in [0.4, 0.5) is 25.0 Å². The first-order valence-corrected chi connectivity index (χ1v) is 13.3. The molecule has 2 N–H and O–H groups in total. The zero-order chi connectivity index (χ0) is 30.2. The van der Waals surface area contributed by atoms with Crippen LogP contribution in [-0.4, -0.2) is 54.7 Å². The van der Waals surface area contributed by atoms with E-state index in [1.165, 1.54) is 13.2 Å². The fraction of sp³-hybridized carbons (Fsp3) is 0.172. The summed E-state index contributed by atoms with van der Waals surface area (Å²) in [5.74, 6) is -2.73. The lowest BCUT2D eigenvalue weighted by molar-refractivity contribution is -0.127. The van der Waals surface area contributed by atoms with Crippen LogP contribution in [0, 0.1) is 11.6 Å². The highest BCUT2D eigenvalue weighted by Crippen LogP contribution is 2.34. The Morgan fingerprint density at radius 3 is 2.40 bits per heavy atom. The van der Waals surface area contributed by atoms with Crippen molar-refractivity contribution in [1.82, 2.24) is 4.90 Å². The van der Waals surface area contributed by atoms with Gasteiger partial charge in [0.15, 0.2) is 18.1 Å². The number of carbonyl (C=O) groups is 4. The Labute approximate surface area is 243 Å². The van der Waals surface area contributed by atoms with Gasteiger partial charge >= 0.3 is 0 Å². The molecule has 4 amide bonds. The highest BCUT2D eigenvalue weighted by atomic mass is 32.2. The molecule has 1 aliphatic rings. The molecule has 0 spiro atoms. The lowest BCUT2D eigenvalue weighted by Gasteiger charge is -2.13. The molecule has 4 rings (SSSR count). The molecule has 0 aliphatic carbocycles. The number of methoxy groups -OCH3 is 1. The number of ether oxygens (including phenoxy) is 3. The van der Waals surface area contributed by atoms with Crippen molar-refractivity contribution in [3.63, 3.8) is 0 Å². The highest BCUT2D eigenvalue weighted by molar-refractivity contribution is 8.18. The first-order chi connectivity index (χ1) is 20.2. The van der Waals surface area contributed by atoms with Gasteiger partial charge in [0.2, 0.25) is 5.91 Å². The molecule has 0 radical (unpaired) electrons. The zero-order valence-corrected chi connectivity index (χ0v) is 23.3. The van der Waals surface area contributed by atoms with E-state index in [2.05, 4.69) is 10.6 Å². The van der Waals surface area contributed by atoms with Crippen molar-refractivity contribution in [2.24, 2.45) is 0 Å². The van der Waals surface area contributed by atoms with Gasteiger partial charge in [-0.15, -0.1) is 0 Å². The summed E-state index contributed by atoms with van der Waals surface area (Å²) in [6.07, 6.45) is 1.44. The van der Waals surface area contributed by atoms with Gasteiger partial charge in [0.05, 0.1) is 30.0 Å². The summed E-state index contributed by atoms with van der Waals surface area (Å²) in [5, 5.41) is 4.25. The molecule has 3 aromatic carbocycles. The number of imide groups is 1. The van der Waals surface area contributed by atoms with E-state index in [-0.39, 0.29) is 28.7 Å². The molecule has 1 aliphatic heterocycles. The molecule has 1 saturated heterocycles. The van der Waals surface area contributed by atoms with Gasteiger partial charge in [0.1, 0.15) is 23.9 Å². The van der Waals surface area contributed by atoms with Gasteiger partial charge in [-0.2, -0.15) is 0 Å². The number of carbonyl (C=O) groups excluding carboxylic acids is 4. The summed E-state index contributed by atoms with van der Waals surface area (Å²) in [6, 6.07) is 14.3. The number of benzene rings is 3. The van der Waals surface area contributed by atoms with Crippen molar-refractivity contribution in [3.8, 4) is 17.2 Å². The van der Waals surface area contributed by atoms with E-state index in [9.17, 15) is 28.0 Å². The van der Waals surface area contributed by atoms with E-state index < -0.39 is 41.1 Å². The number of hydrogen-bond acceptors (Lipinski definition) is 8. The predicted molar refractivity (Wildman–Crippen MR) is 152 cm³/mol. The minimum atomic E-state index is -0.994. The molecule has 3 aromatic rings. The van der Waals surface area contributed by atoms with Crippen LogP contribution in [0.5, 0.6) is 17.2 Å². The van der Waals surface area contributed by atoms with Crippen molar-refractivity contribution in [3.05, 3.63) is 82.8 Å². The summed E-state index contributed by atoms with van der Waals surface area (Å²) in [4.78, 5) is 50.8. The van der Waals surface area contributed by atoms with Crippen LogP contribution in [-0.2, 0) is 14.4 Å². The molecule has 0 unspecified atom stereocenters. The van der Waals surface area contributed by atoms with Crippen LogP contribution in [0.25, 0.3) is 6.08 Å². The standard InChI is InChI=1S/C29H25F2N3O7S/c1-3-40-22-7-5-4-6-21(22)33-27(36)16-41-23-11-8-17(12-24(23)39-2)13-25-28(37)34(29(38)42-25)15-26(35)32-20-10-9-18(30)14-19(20)31/h4-14H,3,15-16H2,1-2H3,(H,32,35)(H,33,36)/b25-13+. The third-order valence-corrected chi connectivity index (χ3v) is 6.59. The number of rotatable bonds is 11. The molecular weight excluding hydrogens is 572 g/mol. The Hall–Kier alpha value is -4.91. The first kappa shape index (κ1) is 30.1. The minimum Gasteiger partial charge on any atom is -0.493 e. The molecule has 10 nitrogen and oxygen atoms in total. The molecule has 0 aromatic heterocycles. The van der Waals surface area contributed by atoms with Crippen molar-refractivity contribution < 1.29 is 42.2 Å². The summed E-state index contributed by atoms with van der Waals surface area (Å²) < 4.78 is 43.4. The summed E-state index contributed by atoms with van der Waals surface area (Å²) in [6.45, 7) is 1.29. The van der Waals surface area contributed by atoms with Gasteiger partial charge in [-0.1, -0.05) is 18.2 Å². The van der Waals surface area contributed by atoms with Crippen molar-refractivity contribution in [2.45, 2.75) is 6.92 Å². The third kappa shape index (κ3) is 7.43. The van der Waals surface area contributed by atoms with Crippen LogP contribution in [0.2, 0.25) is 0 Å². The van der Waals surface area contributed by atoms with Gasteiger partial charge in [-0.3, -0.25) is 24.1 Å². The summed E-state index contributed by atoms with van der Waals surface area (Å²) >= 11 is 0.627. The van der Waals surface area contributed by atoms with Crippen LogP contribution < -0.4 is 24.8 Å². The Morgan fingerprint density at radius 2 is 1.67 bits per heavy atom. The van der Waals surface area contributed by atoms with Crippen molar-refractivity contribution in [2.75, 3.05) is 37.5 Å². The number of halogens is 2. The van der Waals surface area contributed by atoms with Crippen LogP contribution in [0.15, 0.2) is 65.6 Å². The smallest absolute Gasteiger partial charge is 0.294 e. The summed E-state index contributed by atoms with van der Waals surface area (Å²) in [7, 11) is 1.40. The number of anilines is 2. The second kappa shape index (κ2) is 13.6. The summed E-state index contributed by atoms with van der Waals surface area (Å²) in [5.41, 5.74) is 0.702. The topological polar surface area (TPSA) is 123 Å². The molecule has 0 saturated carbocycles. The zero-order valence-electron chi connectivity index (χ0n) is 22.4. The van der Waals surface area contributed by atoms with E-state index in [1.807, 2.05) is 6.92 Å².